The number of carbonyl (C=O) groups is 1. The maximum Gasteiger partial charge on any atom is 0.326 e. The van der Waals surface area contributed by atoms with E-state index >= 15 is 0 Å². The molecule has 0 aliphatic rings. The lowest BCUT2D eigenvalue weighted by atomic mass is 10.4. The van der Waals surface area contributed by atoms with E-state index in [-0.39, 0.29) is 12.4 Å². The number of carbonyl (C=O) groups excluding carboxylic acids is 1. The van der Waals surface area contributed by atoms with Gasteiger partial charge in [-0.05, 0) is 18.7 Å². The molecule has 7 nitrogen and oxygen atoms in total. The van der Waals surface area contributed by atoms with E-state index in [1.165, 1.54) is 28.2 Å². The number of sulfone groups is 1. The SMILES string of the molecule is CNC(=O)[C@H](C)S(=O)(=O)CCOP(=S)(OC)OC. The molecule has 0 radical (unpaired) electrons. The summed E-state index contributed by atoms with van der Waals surface area (Å²) >= 11 is 4.90. The highest BCUT2D eigenvalue weighted by Gasteiger charge is 2.28. The highest BCUT2D eigenvalue weighted by atomic mass is 32.5. The van der Waals surface area contributed by atoms with Crippen LogP contribution >= 0.6 is 6.72 Å². The predicted octanol–water partition coefficient (Wildman–Crippen LogP) is 0.0696. The van der Waals surface area contributed by atoms with Crippen LogP contribution in [0.3, 0.4) is 0 Å². The van der Waals surface area contributed by atoms with E-state index in [1.54, 1.807) is 0 Å². The van der Waals surface area contributed by atoms with Gasteiger partial charge < -0.3 is 18.9 Å². The molecule has 0 saturated carbocycles. The summed E-state index contributed by atoms with van der Waals surface area (Å²) in [5.74, 6) is -0.889. The second-order valence-electron chi connectivity index (χ2n) is 3.27. The number of hydrogen-bond acceptors (Lipinski definition) is 7. The van der Waals surface area contributed by atoms with Gasteiger partial charge in [0.25, 0.3) is 0 Å². The largest absolute Gasteiger partial charge is 0.358 e. The van der Waals surface area contributed by atoms with Crippen LogP contribution in [-0.2, 0) is 40.0 Å². The van der Waals surface area contributed by atoms with Crippen LogP contribution in [0, 0.1) is 0 Å². The van der Waals surface area contributed by atoms with Gasteiger partial charge in [0.1, 0.15) is 5.25 Å². The molecule has 0 saturated heterocycles. The van der Waals surface area contributed by atoms with Gasteiger partial charge in [-0.3, -0.25) is 4.79 Å². The fourth-order valence-corrected chi connectivity index (χ4v) is 3.12. The topological polar surface area (TPSA) is 90.9 Å². The molecule has 0 spiro atoms. The van der Waals surface area contributed by atoms with E-state index in [2.05, 4.69) is 5.32 Å². The molecule has 10 heteroatoms. The Balaban J connectivity index is 4.46. The van der Waals surface area contributed by atoms with Gasteiger partial charge in [0.15, 0.2) is 9.84 Å². The van der Waals surface area contributed by atoms with Crippen LogP contribution < -0.4 is 5.32 Å². The maximum atomic E-state index is 11.7. The molecule has 0 aromatic rings. The Morgan fingerprint density at radius 1 is 1.39 bits per heavy atom. The molecular formula is C8H18NO6PS2. The van der Waals surface area contributed by atoms with E-state index < -0.39 is 27.7 Å². The molecule has 0 rings (SSSR count). The van der Waals surface area contributed by atoms with Crippen molar-refractivity contribution in [1.82, 2.24) is 5.32 Å². The molecule has 0 aliphatic carbocycles. The normalized spacial score (nSPS) is 14.2. The summed E-state index contributed by atoms with van der Waals surface area (Å²) in [5.41, 5.74) is 0. The van der Waals surface area contributed by atoms with E-state index in [9.17, 15) is 13.2 Å². The summed E-state index contributed by atoms with van der Waals surface area (Å²) in [4.78, 5) is 11.2. The molecule has 0 aliphatic heterocycles. The second-order valence-corrected chi connectivity index (χ2v) is 8.93. The first-order valence-electron chi connectivity index (χ1n) is 5.01. The molecule has 1 N–H and O–H groups in total. The highest BCUT2D eigenvalue weighted by molar-refractivity contribution is 8.07. The standard InChI is InChI=1S/C8H18NO6PS2/c1-7(8(10)9-2)18(11,12)6-5-15-16(17,13-3)14-4/h7H,5-6H2,1-4H3,(H,9,10)/t7-/m0/s1. The van der Waals surface area contributed by atoms with Crippen LogP contribution in [0.2, 0.25) is 0 Å². The third kappa shape index (κ3) is 5.29. The number of rotatable bonds is 8. The van der Waals surface area contributed by atoms with Gasteiger partial charge in [0, 0.05) is 21.3 Å². The molecule has 0 unspecified atom stereocenters. The van der Waals surface area contributed by atoms with Gasteiger partial charge in [0.05, 0.1) is 12.4 Å². The van der Waals surface area contributed by atoms with Crippen molar-refractivity contribution in [3.05, 3.63) is 0 Å². The Hall–Kier alpha value is -0.0500. The first kappa shape index (κ1) is 17.9. The van der Waals surface area contributed by atoms with Gasteiger partial charge in [-0.25, -0.2) is 8.42 Å². The third-order valence-electron chi connectivity index (χ3n) is 2.22. The zero-order chi connectivity index (χ0) is 14.4. The summed E-state index contributed by atoms with van der Waals surface area (Å²) in [7, 11) is 0.439. The van der Waals surface area contributed by atoms with Crippen molar-refractivity contribution in [2.75, 3.05) is 33.6 Å². The van der Waals surface area contributed by atoms with Gasteiger partial charge in [0.2, 0.25) is 5.91 Å². The summed E-state index contributed by atoms with van der Waals surface area (Å²) < 4.78 is 38.3. The third-order valence-corrected chi connectivity index (χ3v) is 6.85. The highest BCUT2D eigenvalue weighted by Crippen LogP contribution is 2.47. The van der Waals surface area contributed by atoms with Gasteiger partial charge >= 0.3 is 6.72 Å². The molecule has 108 valence electrons. The molecule has 0 aromatic carbocycles. The van der Waals surface area contributed by atoms with Gasteiger partial charge in [-0.2, -0.15) is 0 Å². The minimum Gasteiger partial charge on any atom is -0.358 e. The van der Waals surface area contributed by atoms with Crippen LogP contribution in [0.15, 0.2) is 0 Å². The number of amides is 1. The van der Waals surface area contributed by atoms with Crippen molar-refractivity contribution < 1.29 is 26.8 Å². The van der Waals surface area contributed by atoms with Crippen LogP contribution in [0.4, 0.5) is 0 Å². The van der Waals surface area contributed by atoms with Crippen molar-refractivity contribution in [2.24, 2.45) is 0 Å². The second kappa shape index (κ2) is 7.52. The molecule has 18 heavy (non-hydrogen) atoms. The Bertz CT molecular complexity index is 415. The smallest absolute Gasteiger partial charge is 0.326 e. The van der Waals surface area contributed by atoms with Crippen molar-refractivity contribution in [2.45, 2.75) is 12.2 Å². The maximum absolute atomic E-state index is 11.7. The van der Waals surface area contributed by atoms with Crippen molar-refractivity contribution in [3.63, 3.8) is 0 Å². The lowest BCUT2D eigenvalue weighted by Gasteiger charge is -2.18. The zero-order valence-corrected chi connectivity index (χ0v) is 13.2. The van der Waals surface area contributed by atoms with Crippen molar-refractivity contribution in [1.29, 1.82) is 0 Å². The summed E-state index contributed by atoms with van der Waals surface area (Å²) in [6.07, 6.45) is 0. The van der Waals surface area contributed by atoms with Crippen LogP contribution in [0.1, 0.15) is 6.92 Å². The molecular weight excluding hydrogens is 301 g/mol. The molecule has 0 heterocycles. The van der Waals surface area contributed by atoms with E-state index in [1.807, 2.05) is 0 Å². The van der Waals surface area contributed by atoms with Gasteiger partial charge in [-0.15, -0.1) is 0 Å². The monoisotopic (exact) mass is 319 g/mol. The van der Waals surface area contributed by atoms with Crippen molar-refractivity contribution in [3.8, 4) is 0 Å². The Morgan fingerprint density at radius 3 is 2.28 bits per heavy atom. The summed E-state index contributed by atoms with van der Waals surface area (Å²) in [6, 6.07) is 0. The van der Waals surface area contributed by atoms with Crippen LogP contribution in [0.5, 0.6) is 0 Å². The molecule has 1 amide bonds. The first-order valence-corrected chi connectivity index (χ1v) is 9.28. The summed E-state index contributed by atoms with van der Waals surface area (Å²) in [5, 5.41) is 1.15. The Morgan fingerprint density at radius 2 is 1.89 bits per heavy atom. The quantitative estimate of drug-likeness (QED) is 0.633. The van der Waals surface area contributed by atoms with Gasteiger partial charge in [-0.1, -0.05) is 0 Å². The molecule has 0 bridgehead atoms. The Kier molecular flexibility index (Phi) is 7.50. The molecule has 0 aromatic heterocycles. The van der Waals surface area contributed by atoms with Crippen molar-refractivity contribution >= 4 is 34.3 Å². The average Bonchev–Trinajstić information content (AvgIpc) is 2.36. The average molecular weight is 319 g/mol. The lowest BCUT2D eigenvalue weighted by molar-refractivity contribution is -0.119. The molecule has 1 atom stereocenters. The first-order chi connectivity index (χ1) is 8.22. The minimum atomic E-state index is -3.59. The van der Waals surface area contributed by atoms with Crippen LogP contribution in [-0.4, -0.2) is 53.2 Å². The fourth-order valence-electron chi connectivity index (χ4n) is 0.988. The van der Waals surface area contributed by atoms with E-state index in [0.29, 0.717) is 0 Å². The van der Waals surface area contributed by atoms with E-state index in [0.717, 1.165) is 0 Å². The predicted molar refractivity (Wildman–Crippen MR) is 71.6 cm³/mol. The number of nitrogens with one attached hydrogen (secondary N) is 1. The molecule has 0 fully saturated rings. The minimum absolute atomic E-state index is 0.178. The number of hydrogen-bond donors (Lipinski definition) is 1. The fraction of sp³-hybridized carbons (Fsp3) is 0.875. The zero-order valence-electron chi connectivity index (χ0n) is 10.7. The summed E-state index contributed by atoms with van der Waals surface area (Å²) in [6.45, 7) is -1.72. The lowest BCUT2D eigenvalue weighted by Crippen LogP contribution is -2.37. The van der Waals surface area contributed by atoms with E-state index in [4.69, 9.17) is 25.4 Å². The van der Waals surface area contributed by atoms with Crippen LogP contribution in [0.25, 0.3) is 0 Å². The Labute approximate surface area is 112 Å².